The summed E-state index contributed by atoms with van der Waals surface area (Å²) >= 11 is 1.35. The lowest BCUT2D eigenvalue weighted by Crippen LogP contribution is -2.23. The Balaban J connectivity index is 1.62. The molecule has 0 aliphatic rings. The summed E-state index contributed by atoms with van der Waals surface area (Å²) in [6, 6.07) is 15.7. The molecule has 2 aromatic heterocycles. The topological polar surface area (TPSA) is 56.5 Å². The van der Waals surface area contributed by atoms with E-state index in [0.29, 0.717) is 27.8 Å². The number of rotatable bonds is 5. The standard InChI is InChI=1S/C22H21N3O2S/c1-14(2)13-27-18-10-8-17(9-11-18)20-23-22-25(24-20)21(26)19(28-22)12-16-6-4-15(3)5-7-16/h4-12,14H,13H2,1-3H3. The average Bonchev–Trinajstić information content (AvgIpc) is 3.22. The number of aryl methyl sites for hydroxylation is 1. The molecule has 0 bridgehead atoms. The smallest absolute Gasteiger partial charge is 0.291 e. The van der Waals surface area contributed by atoms with Crippen LogP contribution in [0, 0.1) is 12.8 Å². The zero-order valence-electron chi connectivity index (χ0n) is 16.0. The second-order valence-corrected chi connectivity index (χ2v) is 8.19. The third-order valence-corrected chi connectivity index (χ3v) is 5.21. The van der Waals surface area contributed by atoms with Gasteiger partial charge in [-0.1, -0.05) is 55.0 Å². The van der Waals surface area contributed by atoms with E-state index in [4.69, 9.17) is 4.74 Å². The van der Waals surface area contributed by atoms with Gasteiger partial charge in [0, 0.05) is 5.56 Å². The lowest BCUT2D eigenvalue weighted by molar-refractivity contribution is 0.271. The molecule has 2 heterocycles. The van der Waals surface area contributed by atoms with Crippen molar-refractivity contribution in [3.05, 3.63) is 74.5 Å². The van der Waals surface area contributed by atoms with E-state index in [0.717, 1.165) is 16.9 Å². The summed E-state index contributed by atoms with van der Waals surface area (Å²) < 4.78 is 7.71. The normalized spacial score (nSPS) is 12.2. The SMILES string of the molecule is Cc1ccc(C=c2sc3nc(-c4ccc(OCC(C)C)cc4)nn3c2=O)cc1. The Bertz CT molecular complexity index is 1210. The number of hydrogen-bond acceptors (Lipinski definition) is 5. The summed E-state index contributed by atoms with van der Waals surface area (Å²) in [6.07, 6.45) is 1.88. The highest BCUT2D eigenvalue weighted by molar-refractivity contribution is 7.15. The first kappa shape index (κ1) is 18.4. The van der Waals surface area contributed by atoms with Crippen molar-refractivity contribution < 1.29 is 4.74 Å². The number of nitrogens with zero attached hydrogens (tertiary/aromatic N) is 3. The quantitative estimate of drug-likeness (QED) is 0.520. The molecule has 2 aromatic carbocycles. The van der Waals surface area contributed by atoms with Crippen LogP contribution in [0.1, 0.15) is 25.0 Å². The van der Waals surface area contributed by atoms with Gasteiger partial charge in [0.25, 0.3) is 5.56 Å². The Labute approximate surface area is 166 Å². The van der Waals surface area contributed by atoms with Crippen LogP contribution in [0.25, 0.3) is 22.4 Å². The molecule has 0 fully saturated rings. The maximum atomic E-state index is 12.7. The number of fused-ring (bicyclic) bond motifs is 1. The maximum Gasteiger partial charge on any atom is 0.291 e. The average molecular weight is 391 g/mol. The monoisotopic (exact) mass is 391 g/mol. The summed E-state index contributed by atoms with van der Waals surface area (Å²) in [6.45, 7) is 6.94. The van der Waals surface area contributed by atoms with Crippen LogP contribution >= 0.6 is 11.3 Å². The molecule has 4 rings (SSSR count). The first-order chi connectivity index (χ1) is 13.5. The molecule has 4 aromatic rings. The number of thiazole rings is 1. The van der Waals surface area contributed by atoms with Crippen LogP contribution < -0.4 is 14.8 Å². The Morgan fingerprint density at radius 3 is 2.46 bits per heavy atom. The first-order valence-electron chi connectivity index (χ1n) is 9.21. The second-order valence-electron chi connectivity index (χ2n) is 7.19. The van der Waals surface area contributed by atoms with Crippen LogP contribution in [0.15, 0.2) is 53.3 Å². The van der Waals surface area contributed by atoms with E-state index in [1.165, 1.54) is 21.4 Å². The summed E-state index contributed by atoms with van der Waals surface area (Å²) in [4.78, 5) is 17.8. The van der Waals surface area contributed by atoms with Crippen molar-refractivity contribution in [2.75, 3.05) is 6.61 Å². The minimum absolute atomic E-state index is 0.142. The summed E-state index contributed by atoms with van der Waals surface area (Å²) in [5, 5.41) is 4.41. The first-order valence-corrected chi connectivity index (χ1v) is 10.0. The minimum Gasteiger partial charge on any atom is -0.493 e. The van der Waals surface area contributed by atoms with Crippen LogP contribution in [-0.2, 0) is 0 Å². The maximum absolute atomic E-state index is 12.7. The molecule has 0 atom stereocenters. The van der Waals surface area contributed by atoms with E-state index in [1.807, 2.05) is 61.5 Å². The molecule has 0 aliphatic carbocycles. The third-order valence-electron chi connectivity index (χ3n) is 4.25. The molecule has 0 amide bonds. The van der Waals surface area contributed by atoms with Gasteiger partial charge in [-0.15, -0.1) is 5.10 Å². The Morgan fingerprint density at radius 2 is 1.82 bits per heavy atom. The highest BCUT2D eigenvalue weighted by Crippen LogP contribution is 2.21. The van der Waals surface area contributed by atoms with E-state index in [2.05, 4.69) is 23.9 Å². The third kappa shape index (κ3) is 3.82. The molecule has 6 heteroatoms. The van der Waals surface area contributed by atoms with Crippen molar-refractivity contribution >= 4 is 22.4 Å². The molecule has 0 spiro atoms. The van der Waals surface area contributed by atoms with Crippen molar-refractivity contribution in [3.63, 3.8) is 0 Å². The minimum atomic E-state index is -0.142. The fraction of sp³-hybridized carbons (Fsp3) is 0.227. The van der Waals surface area contributed by atoms with E-state index in [-0.39, 0.29) is 5.56 Å². The van der Waals surface area contributed by atoms with Gasteiger partial charge in [-0.2, -0.15) is 9.50 Å². The van der Waals surface area contributed by atoms with Gasteiger partial charge in [-0.3, -0.25) is 4.79 Å². The van der Waals surface area contributed by atoms with E-state index in [9.17, 15) is 4.79 Å². The number of benzene rings is 2. The van der Waals surface area contributed by atoms with E-state index >= 15 is 0 Å². The Morgan fingerprint density at radius 1 is 1.11 bits per heavy atom. The van der Waals surface area contributed by atoms with Crippen LogP contribution in [-0.4, -0.2) is 21.2 Å². The van der Waals surface area contributed by atoms with Crippen LogP contribution in [0.3, 0.4) is 0 Å². The lowest BCUT2D eigenvalue weighted by atomic mass is 10.1. The zero-order chi connectivity index (χ0) is 19.7. The Hall–Kier alpha value is -2.99. The largest absolute Gasteiger partial charge is 0.493 e. The Kier molecular flexibility index (Phi) is 4.96. The van der Waals surface area contributed by atoms with E-state index in [1.54, 1.807) is 0 Å². The van der Waals surface area contributed by atoms with Gasteiger partial charge in [0.1, 0.15) is 5.75 Å². The fourth-order valence-corrected chi connectivity index (χ4v) is 3.64. The zero-order valence-corrected chi connectivity index (χ0v) is 16.9. The molecule has 0 saturated carbocycles. The van der Waals surface area contributed by atoms with Crippen LogP contribution in [0.2, 0.25) is 0 Å². The molecule has 0 saturated heterocycles. The molecule has 5 nitrogen and oxygen atoms in total. The molecular weight excluding hydrogens is 370 g/mol. The van der Waals surface area contributed by atoms with Gasteiger partial charge in [-0.25, -0.2) is 0 Å². The van der Waals surface area contributed by atoms with Gasteiger partial charge in [-0.05, 0) is 48.7 Å². The highest BCUT2D eigenvalue weighted by Gasteiger charge is 2.12. The molecule has 142 valence electrons. The van der Waals surface area contributed by atoms with Crippen molar-refractivity contribution in [1.29, 1.82) is 0 Å². The molecule has 0 unspecified atom stereocenters. The molecule has 0 aliphatic heterocycles. The van der Waals surface area contributed by atoms with Crippen molar-refractivity contribution in [2.45, 2.75) is 20.8 Å². The van der Waals surface area contributed by atoms with Crippen molar-refractivity contribution in [1.82, 2.24) is 14.6 Å². The fourth-order valence-electron chi connectivity index (χ4n) is 2.73. The highest BCUT2D eigenvalue weighted by atomic mass is 32.1. The number of ether oxygens (including phenoxy) is 1. The number of aromatic nitrogens is 3. The van der Waals surface area contributed by atoms with E-state index < -0.39 is 0 Å². The molecule has 0 radical (unpaired) electrons. The van der Waals surface area contributed by atoms with Crippen molar-refractivity contribution in [2.24, 2.45) is 5.92 Å². The predicted molar refractivity (Wildman–Crippen MR) is 113 cm³/mol. The summed E-state index contributed by atoms with van der Waals surface area (Å²) in [5.41, 5.74) is 2.89. The van der Waals surface area contributed by atoms with Gasteiger partial charge in [0.15, 0.2) is 5.82 Å². The molecule has 0 N–H and O–H groups in total. The van der Waals surface area contributed by atoms with Gasteiger partial charge < -0.3 is 4.74 Å². The molecular formula is C22H21N3O2S. The predicted octanol–water partition coefficient (Wildman–Crippen LogP) is 3.71. The lowest BCUT2D eigenvalue weighted by Gasteiger charge is -2.08. The van der Waals surface area contributed by atoms with Gasteiger partial charge in [0.2, 0.25) is 4.96 Å². The summed E-state index contributed by atoms with van der Waals surface area (Å²) in [5.74, 6) is 1.83. The second kappa shape index (κ2) is 7.56. The van der Waals surface area contributed by atoms with Gasteiger partial charge >= 0.3 is 0 Å². The van der Waals surface area contributed by atoms with Crippen LogP contribution in [0.5, 0.6) is 5.75 Å². The molecule has 28 heavy (non-hydrogen) atoms. The van der Waals surface area contributed by atoms with Gasteiger partial charge in [0.05, 0.1) is 11.1 Å². The van der Waals surface area contributed by atoms with Crippen LogP contribution in [0.4, 0.5) is 0 Å². The van der Waals surface area contributed by atoms with Crippen molar-refractivity contribution in [3.8, 4) is 17.1 Å². The number of hydrogen-bond donors (Lipinski definition) is 0. The summed E-state index contributed by atoms with van der Waals surface area (Å²) in [7, 11) is 0.